The number of rotatable bonds is 5. The summed E-state index contributed by atoms with van der Waals surface area (Å²) >= 11 is 0. The number of hydrogen-bond donors (Lipinski definition) is 0. The molecular weight excluding hydrogens is 322 g/mol. The first-order chi connectivity index (χ1) is 12.7. The van der Waals surface area contributed by atoms with Crippen LogP contribution in [0.5, 0.6) is 0 Å². The van der Waals surface area contributed by atoms with Crippen LogP contribution >= 0.6 is 0 Å². The number of likely N-dealkylation sites (N-methyl/N-ethyl adjacent to an activating group) is 1. The third-order valence-corrected chi connectivity index (χ3v) is 4.48. The SMILES string of the molecule is Cc1cccc(-c2cnc3ccc(N(C)CCc4ccccn4)nn23)c1. The highest BCUT2D eigenvalue weighted by Gasteiger charge is 2.10. The molecule has 0 saturated carbocycles. The number of hydrogen-bond acceptors (Lipinski definition) is 4. The second-order valence-corrected chi connectivity index (χ2v) is 6.47. The zero-order valence-electron chi connectivity index (χ0n) is 15.0. The van der Waals surface area contributed by atoms with Gasteiger partial charge in [-0.05, 0) is 37.3 Å². The molecule has 0 atom stereocenters. The van der Waals surface area contributed by atoms with E-state index in [9.17, 15) is 0 Å². The smallest absolute Gasteiger partial charge is 0.154 e. The molecule has 3 heterocycles. The summed E-state index contributed by atoms with van der Waals surface area (Å²) in [5, 5.41) is 4.81. The van der Waals surface area contributed by atoms with Crippen LogP contribution in [0.15, 0.2) is 67.0 Å². The Morgan fingerprint density at radius 2 is 1.92 bits per heavy atom. The minimum atomic E-state index is 0.850. The lowest BCUT2D eigenvalue weighted by Gasteiger charge is -2.18. The maximum atomic E-state index is 4.81. The molecule has 0 radical (unpaired) electrons. The Bertz CT molecular complexity index is 1020. The highest BCUT2D eigenvalue weighted by molar-refractivity contribution is 5.64. The van der Waals surface area contributed by atoms with Crippen LogP contribution in [-0.2, 0) is 6.42 Å². The first-order valence-electron chi connectivity index (χ1n) is 8.73. The molecule has 130 valence electrons. The molecule has 0 unspecified atom stereocenters. The van der Waals surface area contributed by atoms with Crippen LogP contribution in [0, 0.1) is 6.92 Å². The van der Waals surface area contributed by atoms with Crippen molar-refractivity contribution in [2.45, 2.75) is 13.3 Å². The van der Waals surface area contributed by atoms with Crippen LogP contribution in [0.3, 0.4) is 0 Å². The number of imidazole rings is 1. The van der Waals surface area contributed by atoms with Crippen LogP contribution in [0.1, 0.15) is 11.3 Å². The van der Waals surface area contributed by atoms with Gasteiger partial charge in [-0.15, -0.1) is 5.10 Å². The van der Waals surface area contributed by atoms with E-state index in [1.54, 1.807) is 0 Å². The van der Waals surface area contributed by atoms with Gasteiger partial charge in [-0.1, -0.05) is 29.8 Å². The third kappa shape index (κ3) is 3.28. The van der Waals surface area contributed by atoms with Crippen molar-refractivity contribution in [3.05, 3.63) is 78.2 Å². The largest absolute Gasteiger partial charge is 0.358 e. The van der Waals surface area contributed by atoms with E-state index >= 15 is 0 Å². The summed E-state index contributed by atoms with van der Waals surface area (Å²) in [6, 6.07) is 18.4. The lowest BCUT2D eigenvalue weighted by Crippen LogP contribution is -2.22. The van der Waals surface area contributed by atoms with Crippen LogP contribution in [0.4, 0.5) is 5.82 Å². The first kappa shape index (κ1) is 16.3. The van der Waals surface area contributed by atoms with Gasteiger partial charge in [0.05, 0.1) is 11.9 Å². The summed E-state index contributed by atoms with van der Waals surface area (Å²) in [5.74, 6) is 0.917. The van der Waals surface area contributed by atoms with Gasteiger partial charge < -0.3 is 4.90 Å². The van der Waals surface area contributed by atoms with Gasteiger partial charge >= 0.3 is 0 Å². The number of nitrogens with zero attached hydrogens (tertiary/aromatic N) is 5. The molecule has 0 amide bonds. The minimum Gasteiger partial charge on any atom is -0.358 e. The molecule has 0 bridgehead atoms. The Morgan fingerprint density at radius 3 is 2.73 bits per heavy atom. The van der Waals surface area contributed by atoms with Crippen molar-refractivity contribution in [3.63, 3.8) is 0 Å². The summed E-state index contributed by atoms with van der Waals surface area (Å²) in [6.45, 7) is 2.95. The van der Waals surface area contributed by atoms with E-state index in [1.807, 2.05) is 41.2 Å². The first-order valence-corrected chi connectivity index (χ1v) is 8.73. The average Bonchev–Trinajstić information content (AvgIpc) is 3.10. The molecule has 5 heteroatoms. The van der Waals surface area contributed by atoms with Crippen molar-refractivity contribution in [2.24, 2.45) is 0 Å². The van der Waals surface area contributed by atoms with Gasteiger partial charge in [0.2, 0.25) is 0 Å². The topological polar surface area (TPSA) is 46.3 Å². The third-order valence-electron chi connectivity index (χ3n) is 4.48. The summed E-state index contributed by atoms with van der Waals surface area (Å²) in [6.07, 6.45) is 4.60. The molecule has 0 fully saturated rings. The second kappa shape index (κ2) is 6.96. The maximum Gasteiger partial charge on any atom is 0.154 e. The van der Waals surface area contributed by atoms with Gasteiger partial charge in [0.25, 0.3) is 0 Å². The molecule has 0 spiro atoms. The standard InChI is InChI=1S/C21H21N5/c1-16-6-5-7-17(14-16)19-15-23-20-9-10-21(24-26(19)20)25(2)13-11-18-8-3-4-12-22-18/h3-10,12,14-15H,11,13H2,1-2H3. The van der Waals surface area contributed by atoms with E-state index in [2.05, 4.69) is 59.2 Å². The number of benzene rings is 1. The molecule has 4 rings (SSSR count). The summed E-state index contributed by atoms with van der Waals surface area (Å²) in [7, 11) is 2.06. The molecule has 5 nitrogen and oxygen atoms in total. The van der Waals surface area contributed by atoms with E-state index in [0.717, 1.165) is 41.4 Å². The fourth-order valence-corrected chi connectivity index (χ4v) is 3.01. The predicted octanol–water partition coefficient (Wildman–Crippen LogP) is 3.78. The monoisotopic (exact) mass is 343 g/mol. The Labute approximate surface area is 153 Å². The highest BCUT2D eigenvalue weighted by atomic mass is 15.3. The van der Waals surface area contributed by atoms with E-state index < -0.39 is 0 Å². The lowest BCUT2D eigenvalue weighted by atomic mass is 10.1. The molecule has 0 aliphatic rings. The average molecular weight is 343 g/mol. The Balaban J connectivity index is 1.61. The Kier molecular flexibility index (Phi) is 4.35. The number of aromatic nitrogens is 4. The van der Waals surface area contributed by atoms with Gasteiger partial charge in [-0.2, -0.15) is 0 Å². The van der Waals surface area contributed by atoms with Crippen LogP contribution in [-0.4, -0.2) is 33.2 Å². The number of pyridine rings is 1. The molecule has 26 heavy (non-hydrogen) atoms. The van der Waals surface area contributed by atoms with Gasteiger partial charge in [0.1, 0.15) is 5.82 Å². The molecule has 4 aromatic rings. The zero-order chi connectivity index (χ0) is 17.9. The maximum absolute atomic E-state index is 4.81. The van der Waals surface area contributed by atoms with Crippen molar-refractivity contribution in [3.8, 4) is 11.3 Å². The summed E-state index contributed by atoms with van der Waals surface area (Å²) < 4.78 is 1.92. The quantitative estimate of drug-likeness (QED) is 0.553. The van der Waals surface area contributed by atoms with Crippen LogP contribution < -0.4 is 4.90 Å². The van der Waals surface area contributed by atoms with Crippen molar-refractivity contribution in [2.75, 3.05) is 18.5 Å². The predicted molar refractivity (Wildman–Crippen MR) is 104 cm³/mol. The molecule has 0 saturated heterocycles. The van der Waals surface area contributed by atoms with Crippen molar-refractivity contribution < 1.29 is 0 Å². The molecule has 0 aliphatic carbocycles. The van der Waals surface area contributed by atoms with Crippen LogP contribution in [0.25, 0.3) is 16.9 Å². The van der Waals surface area contributed by atoms with E-state index in [-0.39, 0.29) is 0 Å². The van der Waals surface area contributed by atoms with Gasteiger partial charge in [-0.3, -0.25) is 4.98 Å². The van der Waals surface area contributed by atoms with E-state index in [1.165, 1.54) is 5.56 Å². The summed E-state index contributed by atoms with van der Waals surface area (Å²) in [4.78, 5) is 11.0. The molecule has 0 N–H and O–H groups in total. The molecule has 3 aromatic heterocycles. The number of anilines is 1. The van der Waals surface area contributed by atoms with E-state index in [4.69, 9.17) is 5.10 Å². The number of aryl methyl sites for hydroxylation is 1. The highest BCUT2D eigenvalue weighted by Crippen LogP contribution is 2.22. The number of fused-ring (bicyclic) bond motifs is 1. The van der Waals surface area contributed by atoms with Crippen molar-refractivity contribution >= 4 is 11.5 Å². The Hall–Kier alpha value is -3.21. The molecule has 0 aliphatic heterocycles. The minimum absolute atomic E-state index is 0.850. The lowest BCUT2D eigenvalue weighted by molar-refractivity contribution is 0.812. The van der Waals surface area contributed by atoms with Crippen molar-refractivity contribution in [1.29, 1.82) is 0 Å². The zero-order valence-corrected chi connectivity index (χ0v) is 15.0. The van der Waals surface area contributed by atoms with Gasteiger partial charge in [-0.25, -0.2) is 9.50 Å². The fourth-order valence-electron chi connectivity index (χ4n) is 3.01. The van der Waals surface area contributed by atoms with E-state index in [0.29, 0.717) is 0 Å². The van der Waals surface area contributed by atoms with Crippen molar-refractivity contribution in [1.82, 2.24) is 19.6 Å². The second-order valence-electron chi connectivity index (χ2n) is 6.47. The molecular formula is C21H21N5. The van der Waals surface area contributed by atoms with Gasteiger partial charge in [0.15, 0.2) is 5.65 Å². The molecule has 1 aromatic carbocycles. The summed E-state index contributed by atoms with van der Waals surface area (Å²) in [5.41, 5.74) is 5.29. The Morgan fingerprint density at radius 1 is 1.00 bits per heavy atom. The normalized spacial score (nSPS) is 11.0. The van der Waals surface area contributed by atoms with Crippen LogP contribution in [0.2, 0.25) is 0 Å². The van der Waals surface area contributed by atoms with Gasteiger partial charge in [0, 0.05) is 37.5 Å². The fraction of sp³-hybridized carbons (Fsp3) is 0.190.